The molecule has 0 saturated heterocycles. The molecule has 1 atom stereocenters. The van der Waals surface area contributed by atoms with Crippen LogP contribution in [0.1, 0.15) is 39.5 Å². The maximum absolute atomic E-state index is 3.32. The van der Waals surface area contributed by atoms with E-state index in [2.05, 4.69) is 40.2 Å². The summed E-state index contributed by atoms with van der Waals surface area (Å²) in [5.41, 5.74) is 0. The van der Waals surface area contributed by atoms with Gasteiger partial charge in [0.25, 0.3) is 0 Å². The molecule has 0 aliphatic heterocycles. The molecule has 0 aromatic carbocycles. The van der Waals surface area contributed by atoms with Gasteiger partial charge in [-0.1, -0.05) is 19.8 Å². The standard InChI is InChI=1S/C9H18IN/c1-7-3-5-9(6-4-7)8(2)11-10/h7-9,11H,3-6H2,1-2H3. The lowest BCUT2D eigenvalue weighted by Gasteiger charge is -2.29. The van der Waals surface area contributed by atoms with E-state index in [4.69, 9.17) is 0 Å². The number of rotatable bonds is 2. The molecule has 0 aromatic heterocycles. The topological polar surface area (TPSA) is 12.0 Å². The molecule has 1 saturated carbocycles. The van der Waals surface area contributed by atoms with Crippen LogP contribution in [0.25, 0.3) is 0 Å². The number of hydrogen-bond donors (Lipinski definition) is 1. The Hall–Kier alpha value is 0.690. The molecule has 0 spiro atoms. The normalized spacial score (nSPS) is 35.2. The van der Waals surface area contributed by atoms with Crippen molar-refractivity contribution < 1.29 is 0 Å². The molecule has 66 valence electrons. The van der Waals surface area contributed by atoms with E-state index >= 15 is 0 Å². The average molecular weight is 267 g/mol. The third kappa shape index (κ3) is 2.90. The summed E-state index contributed by atoms with van der Waals surface area (Å²) < 4.78 is 3.32. The zero-order chi connectivity index (χ0) is 8.27. The first kappa shape index (κ1) is 9.78. The molecule has 0 aromatic rings. The van der Waals surface area contributed by atoms with Crippen molar-refractivity contribution in [3.05, 3.63) is 0 Å². The molecule has 1 unspecified atom stereocenters. The molecule has 0 bridgehead atoms. The molecule has 1 nitrogen and oxygen atoms in total. The van der Waals surface area contributed by atoms with Crippen molar-refractivity contribution in [3.8, 4) is 0 Å². The van der Waals surface area contributed by atoms with Crippen LogP contribution in [-0.4, -0.2) is 6.04 Å². The van der Waals surface area contributed by atoms with Gasteiger partial charge in [-0.25, -0.2) is 0 Å². The molecular weight excluding hydrogens is 249 g/mol. The van der Waals surface area contributed by atoms with Crippen molar-refractivity contribution in [2.24, 2.45) is 11.8 Å². The maximum Gasteiger partial charge on any atom is 0.0172 e. The third-order valence-corrected chi connectivity index (χ3v) is 3.92. The maximum atomic E-state index is 3.32. The highest BCUT2D eigenvalue weighted by atomic mass is 127. The van der Waals surface area contributed by atoms with E-state index in [-0.39, 0.29) is 0 Å². The molecule has 0 radical (unpaired) electrons. The summed E-state index contributed by atoms with van der Waals surface area (Å²) >= 11 is 2.27. The van der Waals surface area contributed by atoms with Crippen molar-refractivity contribution >= 4 is 22.9 Å². The SMILES string of the molecule is CC1CCC(C(C)NI)CC1. The van der Waals surface area contributed by atoms with E-state index in [0.717, 1.165) is 11.8 Å². The van der Waals surface area contributed by atoms with Crippen molar-refractivity contribution in [3.63, 3.8) is 0 Å². The highest BCUT2D eigenvalue weighted by Gasteiger charge is 2.22. The monoisotopic (exact) mass is 267 g/mol. The van der Waals surface area contributed by atoms with Gasteiger partial charge in [0.15, 0.2) is 0 Å². The first-order valence-corrected chi connectivity index (χ1v) is 5.68. The second kappa shape index (κ2) is 4.65. The second-order valence-corrected chi connectivity index (χ2v) is 4.54. The fourth-order valence-corrected chi connectivity index (χ4v) is 2.38. The lowest BCUT2D eigenvalue weighted by molar-refractivity contribution is 0.258. The summed E-state index contributed by atoms with van der Waals surface area (Å²) in [5.74, 6) is 1.91. The van der Waals surface area contributed by atoms with E-state index in [9.17, 15) is 0 Å². The van der Waals surface area contributed by atoms with Crippen LogP contribution in [0.3, 0.4) is 0 Å². The van der Waals surface area contributed by atoms with Crippen LogP contribution in [0.15, 0.2) is 0 Å². The van der Waals surface area contributed by atoms with Crippen LogP contribution in [0, 0.1) is 11.8 Å². The van der Waals surface area contributed by atoms with Gasteiger partial charge >= 0.3 is 0 Å². The third-order valence-electron chi connectivity index (χ3n) is 2.94. The zero-order valence-corrected chi connectivity index (χ0v) is 9.60. The molecule has 11 heavy (non-hydrogen) atoms. The minimum Gasteiger partial charge on any atom is -0.258 e. The van der Waals surface area contributed by atoms with Crippen LogP contribution in [0.2, 0.25) is 0 Å². The van der Waals surface area contributed by atoms with Gasteiger partial charge in [0, 0.05) is 28.9 Å². The zero-order valence-electron chi connectivity index (χ0n) is 7.44. The minimum atomic E-state index is 0.711. The van der Waals surface area contributed by atoms with Gasteiger partial charge in [0.2, 0.25) is 0 Å². The molecular formula is C9H18IN. The van der Waals surface area contributed by atoms with Crippen molar-refractivity contribution in [1.29, 1.82) is 0 Å². The van der Waals surface area contributed by atoms with Crippen molar-refractivity contribution in [2.45, 2.75) is 45.6 Å². The van der Waals surface area contributed by atoms with E-state index in [1.165, 1.54) is 25.7 Å². The van der Waals surface area contributed by atoms with Crippen LogP contribution < -0.4 is 3.53 Å². The van der Waals surface area contributed by atoms with E-state index in [1.807, 2.05) is 0 Å². The Labute approximate surface area is 83.8 Å². The molecule has 1 aliphatic carbocycles. The Morgan fingerprint density at radius 3 is 2.27 bits per heavy atom. The smallest absolute Gasteiger partial charge is 0.0172 e. The van der Waals surface area contributed by atoms with Crippen LogP contribution in [-0.2, 0) is 0 Å². The summed E-state index contributed by atoms with van der Waals surface area (Å²) in [6.45, 7) is 4.67. The van der Waals surface area contributed by atoms with Crippen LogP contribution >= 0.6 is 22.9 Å². The average Bonchev–Trinajstić information content (AvgIpc) is 2.05. The predicted molar refractivity (Wildman–Crippen MR) is 57.7 cm³/mol. The van der Waals surface area contributed by atoms with E-state index in [1.54, 1.807) is 0 Å². The fourth-order valence-electron chi connectivity index (χ4n) is 1.87. The molecule has 1 fully saturated rings. The van der Waals surface area contributed by atoms with Gasteiger partial charge in [0.1, 0.15) is 0 Å². The molecule has 0 heterocycles. The molecule has 1 N–H and O–H groups in total. The van der Waals surface area contributed by atoms with Gasteiger partial charge in [-0.15, -0.1) is 0 Å². The largest absolute Gasteiger partial charge is 0.258 e. The predicted octanol–water partition coefficient (Wildman–Crippen LogP) is 3.14. The van der Waals surface area contributed by atoms with Gasteiger partial charge in [0.05, 0.1) is 0 Å². The number of halogens is 1. The van der Waals surface area contributed by atoms with E-state index in [0.29, 0.717) is 6.04 Å². The van der Waals surface area contributed by atoms with E-state index < -0.39 is 0 Å². The summed E-state index contributed by atoms with van der Waals surface area (Å²) in [7, 11) is 0. The van der Waals surface area contributed by atoms with Crippen molar-refractivity contribution in [1.82, 2.24) is 3.53 Å². The Balaban J connectivity index is 2.27. The summed E-state index contributed by atoms with van der Waals surface area (Å²) in [6, 6.07) is 0.711. The molecule has 2 heteroatoms. The number of nitrogens with one attached hydrogen (secondary N) is 1. The minimum absolute atomic E-state index is 0.711. The second-order valence-electron chi connectivity index (χ2n) is 3.92. The molecule has 1 rings (SSSR count). The summed E-state index contributed by atoms with van der Waals surface area (Å²) in [5, 5.41) is 0. The quantitative estimate of drug-likeness (QED) is 0.598. The van der Waals surface area contributed by atoms with Crippen LogP contribution in [0.5, 0.6) is 0 Å². The Morgan fingerprint density at radius 2 is 1.82 bits per heavy atom. The molecule has 0 amide bonds. The first-order valence-electron chi connectivity index (χ1n) is 4.60. The van der Waals surface area contributed by atoms with Gasteiger partial charge < -0.3 is 0 Å². The van der Waals surface area contributed by atoms with Gasteiger partial charge in [-0.05, 0) is 31.6 Å². The highest BCUT2D eigenvalue weighted by Crippen LogP contribution is 2.30. The van der Waals surface area contributed by atoms with Gasteiger partial charge in [-0.2, -0.15) is 0 Å². The fraction of sp³-hybridized carbons (Fsp3) is 1.00. The first-order chi connectivity index (χ1) is 5.24. The van der Waals surface area contributed by atoms with Gasteiger partial charge in [-0.3, -0.25) is 3.53 Å². The Kier molecular flexibility index (Phi) is 4.13. The van der Waals surface area contributed by atoms with Crippen molar-refractivity contribution in [2.75, 3.05) is 0 Å². The van der Waals surface area contributed by atoms with Crippen LogP contribution in [0.4, 0.5) is 0 Å². The Morgan fingerprint density at radius 1 is 1.27 bits per heavy atom. The highest BCUT2D eigenvalue weighted by molar-refractivity contribution is 14.1. The summed E-state index contributed by atoms with van der Waals surface area (Å²) in [4.78, 5) is 0. The Bertz CT molecular complexity index is 108. The lowest BCUT2D eigenvalue weighted by Crippen LogP contribution is -2.29. The number of hydrogen-bond acceptors (Lipinski definition) is 1. The lowest BCUT2D eigenvalue weighted by atomic mass is 9.80. The summed E-state index contributed by atoms with van der Waals surface area (Å²) in [6.07, 6.45) is 5.73. The molecule has 1 aliphatic rings.